The molecule has 2 aliphatic rings. The molecule has 0 spiro atoms. The fraction of sp³-hybridized carbons (Fsp3) is 0.367. The second-order valence-electron chi connectivity index (χ2n) is 9.88. The first-order valence-electron chi connectivity index (χ1n) is 13.5. The number of hydrogen-bond acceptors (Lipinski definition) is 10. The van der Waals surface area contributed by atoms with Crippen LogP contribution in [0.25, 0.3) is 0 Å². The molecule has 42 heavy (non-hydrogen) atoms. The van der Waals surface area contributed by atoms with Gasteiger partial charge in [-0.2, -0.15) is 0 Å². The van der Waals surface area contributed by atoms with Crippen molar-refractivity contribution in [2.24, 2.45) is 0 Å². The molecule has 12 nitrogen and oxygen atoms in total. The Labute approximate surface area is 242 Å². The van der Waals surface area contributed by atoms with Gasteiger partial charge in [-0.1, -0.05) is 24.3 Å². The van der Waals surface area contributed by atoms with Crippen molar-refractivity contribution in [2.45, 2.75) is 45.6 Å². The van der Waals surface area contributed by atoms with Crippen molar-refractivity contribution < 1.29 is 38.3 Å². The van der Waals surface area contributed by atoms with E-state index in [1.54, 1.807) is 44.2 Å². The predicted molar refractivity (Wildman–Crippen MR) is 152 cm³/mol. The van der Waals surface area contributed by atoms with Gasteiger partial charge in [0, 0.05) is 37.1 Å². The maximum absolute atomic E-state index is 13.5. The molecule has 0 saturated carbocycles. The van der Waals surface area contributed by atoms with Crippen molar-refractivity contribution in [3.8, 4) is 5.75 Å². The highest BCUT2D eigenvalue weighted by Crippen LogP contribution is 2.40. The van der Waals surface area contributed by atoms with Gasteiger partial charge >= 0.3 is 11.9 Å². The number of benzene rings is 2. The molecule has 4 rings (SSSR count). The summed E-state index contributed by atoms with van der Waals surface area (Å²) in [6.45, 7) is 5.21. The van der Waals surface area contributed by atoms with Crippen molar-refractivity contribution in [3.63, 3.8) is 0 Å². The maximum Gasteiger partial charge on any atom is 0.336 e. The van der Waals surface area contributed by atoms with Gasteiger partial charge in [-0.3, -0.25) is 14.9 Å². The van der Waals surface area contributed by atoms with Crippen LogP contribution in [0, 0.1) is 10.1 Å². The van der Waals surface area contributed by atoms with Crippen molar-refractivity contribution in [3.05, 3.63) is 86.7 Å². The Hall–Kier alpha value is -4.71. The quantitative estimate of drug-likeness (QED) is 0.172. The summed E-state index contributed by atoms with van der Waals surface area (Å²) in [5, 5.41) is 17.3. The van der Waals surface area contributed by atoms with E-state index in [-0.39, 0.29) is 48.7 Å². The molecular formula is C30H33N3O9. The topological polar surface area (TPSA) is 155 Å². The highest BCUT2D eigenvalue weighted by Gasteiger charge is 2.39. The van der Waals surface area contributed by atoms with Gasteiger partial charge in [0.15, 0.2) is 0 Å². The summed E-state index contributed by atoms with van der Waals surface area (Å²) in [5.41, 5.74) is 1.80. The monoisotopic (exact) mass is 579 g/mol. The second-order valence-corrected chi connectivity index (χ2v) is 9.88. The Morgan fingerprint density at radius 3 is 2.40 bits per heavy atom. The Morgan fingerprint density at radius 1 is 1.02 bits per heavy atom. The van der Waals surface area contributed by atoms with Crippen LogP contribution in [-0.4, -0.2) is 55.3 Å². The Bertz CT molecular complexity index is 1430. The second kappa shape index (κ2) is 13.8. The Kier molecular flexibility index (Phi) is 9.92. The normalized spacial score (nSPS) is 18.3. The predicted octanol–water partition coefficient (Wildman–Crippen LogP) is 4.13. The van der Waals surface area contributed by atoms with E-state index in [1.165, 1.54) is 25.1 Å². The molecule has 2 heterocycles. The molecule has 1 saturated heterocycles. The molecule has 1 fully saturated rings. The van der Waals surface area contributed by atoms with Crippen LogP contribution in [0.4, 0.5) is 11.4 Å². The molecule has 2 N–H and O–H groups in total. The summed E-state index contributed by atoms with van der Waals surface area (Å²) < 4.78 is 22.4. The summed E-state index contributed by atoms with van der Waals surface area (Å²) in [6.07, 6.45) is 1.44. The first-order chi connectivity index (χ1) is 20.2. The molecular weight excluding hydrogens is 546 g/mol. The third-order valence-corrected chi connectivity index (χ3v) is 6.81. The zero-order valence-electron chi connectivity index (χ0n) is 23.6. The standard InChI is InChI=1S/C30H33N3O9/c1-18-26(29(35)41-15-14-40-25-12-5-4-11-24(25)32-20(3)34)28(21-8-6-9-22(16-21)33(37)38)27(19(2)31-18)30(36)42-17-23-10-7-13-39-23/h4-6,8-9,11-12,16,23,28,31H,7,10,13-15,17H2,1-3H3,(H,32,34). The van der Waals surface area contributed by atoms with Gasteiger partial charge in [0.2, 0.25) is 5.91 Å². The lowest BCUT2D eigenvalue weighted by Gasteiger charge is -2.30. The number of anilines is 1. The van der Waals surface area contributed by atoms with Crippen molar-refractivity contribution >= 4 is 29.2 Å². The molecule has 0 bridgehead atoms. The van der Waals surface area contributed by atoms with Crippen LogP contribution in [0.2, 0.25) is 0 Å². The maximum atomic E-state index is 13.5. The number of esters is 2. The molecule has 0 radical (unpaired) electrons. The van der Waals surface area contributed by atoms with Crippen LogP contribution in [-0.2, 0) is 28.6 Å². The van der Waals surface area contributed by atoms with Gasteiger partial charge in [-0.15, -0.1) is 0 Å². The molecule has 222 valence electrons. The smallest absolute Gasteiger partial charge is 0.336 e. The van der Waals surface area contributed by atoms with Gasteiger partial charge in [-0.05, 0) is 44.4 Å². The number of allylic oxidation sites excluding steroid dienone is 2. The van der Waals surface area contributed by atoms with Crippen LogP contribution in [0.5, 0.6) is 5.75 Å². The SMILES string of the molecule is CC(=O)Nc1ccccc1OCCOC(=O)C1=C(C)NC(C)=C(C(=O)OCC2CCCO2)C1c1cccc([N+](=O)[O-])c1. The number of nitro benzene ring substituents is 1. The minimum absolute atomic E-state index is 0.0191. The molecule has 2 aliphatic heterocycles. The number of para-hydroxylation sites is 2. The molecule has 12 heteroatoms. The number of ether oxygens (including phenoxy) is 4. The molecule has 2 atom stereocenters. The summed E-state index contributed by atoms with van der Waals surface area (Å²) in [4.78, 5) is 49.4. The van der Waals surface area contributed by atoms with E-state index in [0.29, 0.717) is 35.0 Å². The average Bonchev–Trinajstić information content (AvgIpc) is 3.48. The molecule has 2 unspecified atom stereocenters. The molecule has 0 aromatic heterocycles. The van der Waals surface area contributed by atoms with Crippen LogP contribution in [0.3, 0.4) is 0 Å². The zero-order chi connectivity index (χ0) is 30.2. The van der Waals surface area contributed by atoms with E-state index in [4.69, 9.17) is 18.9 Å². The number of nitrogens with zero attached hydrogens (tertiary/aromatic N) is 1. The molecule has 0 aliphatic carbocycles. The number of amides is 1. The average molecular weight is 580 g/mol. The summed E-state index contributed by atoms with van der Waals surface area (Å²) >= 11 is 0. The van der Waals surface area contributed by atoms with Crippen LogP contribution in [0.1, 0.15) is 45.1 Å². The summed E-state index contributed by atoms with van der Waals surface area (Å²) in [6, 6.07) is 12.6. The lowest BCUT2D eigenvalue weighted by molar-refractivity contribution is -0.384. The van der Waals surface area contributed by atoms with Gasteiger partial charge in [0.25, 0.3) is 5.69 Å². The number of carbonyl (C=O) groups is 3. The number of nitro groups is 1. The highest BCUT2D eigenvalue weighted by atomic mass is 16.6. The number of nitrogens with one attached hydrogen (secondary N) is 2. The molecule has 1 amide bonds. The molecule has 2 aromatic rings. The van der Waals surface area contributed by atoms with E-state index >= 15 is 0 Å². The summed E-state index contributed by atoms with van der Waals surface area (Å²) in [5.74, 6) is -2.24. The van der Waals surface area contributed by atoms with E-state index < -0.39 is 22.8 Å². The van der Waals surface area contributed by atoms with Crippen molar-refractivity contribution in [1.82, 2.24) is 5.32 Å². The van der Waals surface area contributed by atoms with Gasteiger partial charge in [0.05, 0.1) is 33.8 Å². The van der Waals surface area contributed by atoms with E-state index in [1.807, 2.05) is 0 Å². The Balaban J connectivity index is 1.55. The highest BCUT2D eigenvalue weighted by molar-refractivity contribution is 6.00. The van der Waals surface area contributed by atoms with Gasteiger partial charge in [-0.25, -0.2) is 9.59 Å². The summed E-state index contributed by atoms with van der Waals surface area (Å²) in [7, 11) is 0. The Morgan fingerprint density at radius 2 is 1.74 bits per heavy atom. The zero-order valence-corrected chi connectivity index (χ0v) is 23.6. The number of hydrogen-bond donors (Lipinski definition) is 2. The first-order valence-corrected chi connectivity index (χ1v) is 13.5. The third kappa shape index (κ3) is 7.32. The lowest BCUT2D eigenvalue weighted by Crippen LogP contribution is -2.33. The third-order valence-electron chi connectivity index (χ3n) is 6.81. The number of dihydropyridines is 1. The molecule has 2 aromatic carbocycles. The van der Waals surface area contributed by atoms with Crippen LogP contribution >= 0.6 is 0 Å². The largest absolute Gasteiger partial charge is 0.488 e. The minimum atomic E-state index is -0.989. The first kappa shape index (κ1) is 30.3. The van der Waals surface area contributed by atoms with Crippen molar-refractivity contribution in [1.29, 1.82) is 0 Å². The van der Waals surface area contributed by atoms with Gasteiger partial charge in [0.1, 0.15) is 25.6 Å². The number of rotatable bonds is 11. The van der Waals surface area contributed by atoms with E-state index in [9.17, 15) is 24.5 Å². The number of non-ortho nitro benzene ring substituents is 1. The van der Waals surface area contributed by atoms with E-state index in [0.717, 1.165) is 12.8 Å². The van der Waals surface area contributed by atoms with Gasteiger partial charge < -0.3 is 29.6 Å². The van der Waals surface area contributed by atoms with Crippen LogP contribution < -0.4 is 15.4 Å². The van der Waals surface area contributed by atoms with E-state index in [2.05, 4.69) is 10.6 Å². The fourth-order valence-corrected chi connectivity index (χ4v) is 4.96. The lowest BCUT2D eigenvalue weighted by atomic mass is 9.80. The van der Waals surface area contributed by atoms with Crippen LogP contribution in [0.15, 0.2) is 71.1 Å². The minimum Gasteiger partial charge on any atom is -0.488 e. The number of carbonyl (C=O) groups excluding carboxylic acids is 3. The van der Waals surface area contributed by atoms with Crippen molar-refractivity contribution in [2.75, 3.05) is 31.7 Å². The fourth-order valence-electron chi connectivity index (χ4n) is 4.96.